The first-order chi connectivity index (χ1) is 9.65. The van der Waals surface area contributed by atoms with Crippen LogP contribution in [0.4, 0.5) is 5.69 Å². The first-order valence-electron chi connectivity index (χ1n) is 6.11. The lowest BCUT2D eigenvalue weighted by Gasteiger charge is -2.29. The molecule has 1 heterocycles. The molecule has 0 saturated heterocycles. The van der Waals surface area contributed by atoms with E-state index in [1.807, 2.05) is 42.5 Å². The number of benzene rings is 2. The smallest absolute Gasteiger partial charge is 0.265 e. The number of hydrogen-bond donors (Lipinski definition) is 0. The quantitative estimate of drug-likeness (QED) is 0.718. The molecule has 0 aromatic heterocycles. The molecule has 1 aliphatic rings. The van der Waals surface area contributed by atoms with Gasteiger partial charge in [-0.25, -0.2) is 0 Å². The molecule has 0 aliphatic carbocycles. The van der Waals surface area contributed by atoms with E-state index in [0.29, 0.717) is 11.6 Å². The fourth-order valence-electron chi connectivity index (χ4n) is 2.15. The first-order valence-corrected chi connectivity index (χ1v) is 7.57. The molecule has 0 saturated carbocycles. The highest BCUT2D eigenvalue weighted by Crippen LogP contribution is 2.35. The molecule has 2 aromatic carbocycles. The number of fused-ring (bicyclic) bond motifs is 1. The van der Waals surface area contributed by atoms with Crippen LogP contribution in [-0.4, -0.2) is 12.5 Å². The molecule has 5 heteroatoms. The number of ether oxygens (including phenoxy) is 1. The molecule has 20 heavy (non-hydrogen) atoms. The Labute approximate surface area is 135 Å². The number of carbonyl (C=O) groups is 1. The maximum absolute atomic E-state index is 12.1. The zero-order valence-electron chi connectivity index (χ0n) is 10.5. The topological polar surface area (TPSA) is 29.5 Å². The molecule has 2 aromatic rings. The predicted octanol–water partition coefficient (Wildman–Crippen LogP) is 3.87. The average molecular weight is 400 g/mol. The van der Waals surface area contributed by atoms with E-state index in [2.05, 4.69) is 22.6 Å². The summed E-state index contributed by atoms with van der Waals surface area (Å²) in [6, 6.07) is 13.4. The standard InChI is InChI=1S/C15H11ClINO2/c16-12-4-2-1-3-10(12)8-18-13-7-11(17)5-6-14(13)20-9-15(18)19/h1-7H,8-9H2. The lowest BCUT2D eigenvalue weighted by molar-refractivity contribution is -0.121. The van der Waals surface area contributed by atoms with Gasteiger partial charge in [-0.2, -0.15) is 0 Å². The van der Waals surface area contributed by atoms with Crippen molar-refractivity contribution in [3.63, 3.8) is 0 Å². The maximum Gasteiger partial charge on any atom is 0.265 e. The van der Waals surface area contributed by atoms with Crippen LogP contribution in [0.2, 0.25) is 5.02 Å². The van der Waals surface area contributed by atoms with E-state index in [9.17, 15) is 4.79 Å². The lowest BCUT2D eigenvalue weighted by Crippen LogP contribution is -2.38. The molecule has 0 radical (unpaired) electrons. The van der Waals surface area contributed by atoms with E-state index in [-0.39, 0.29) is 12.5 Å². The van der Waals surface area contributed by atoms with Crippen molar-refractivity contribution >= 4 is 45.8 Å². The van der Waals surface area contributed by atoms with Crippen molar-refractivity contribution in [2.24, 2.45) is 0 Å². The van der Waals surface area contributed by atoms with Gasteiger partial charge in [0.1, 0.15) is 5.75 Å². The molecule has 1 amide bonds. The van der Waals surface area contributed by atoms with E-state index in [0.717, 1.165) is 20.6 Å². The Bertz CT molecular complexity index is 675. The van der Waals surface area contributed by atoms with Gasteiger partial charge >= 0.3 is 0 Å². The second kappa shape index (κ2) is 5.61. The predicted molar refractivity (Wildman–Crippen MR) is 87.3 cm³/mol. The fourth-order valence-corrected chi connectivity index (χ4v) is 2.82. The Hall–Kier alpha value is -1.27. The summed E-state index contributed by atoms with van der Waals surface area (Å²) in [6.45, 7) is 0.521. The van der Waals surface area contributed by atoms with Gasteiger partial charge in [-0.1, -0.05) is 29.8 Å². The Balaban J connectivity index is 1.99. The van der Waals surface area contributed by atoms with Crippen molar-refractivity contribution in [2.75, 3.05) is 11.5 Å². The second-order valence-corrected chi connectivity index (χ2v) is 6.12. The van der Waals surface area contributed by atoms with Gasteiger partial charge in [-0.05, 0) is 52.4 Å². The summed E-state index contributed by atoms with van der Waals surface area (Å²) in [6.07, 6.45) is 0. The SMILES string of the molecule is O=C1COc2ccc(I)cc2N1Cc1ccccc1Cl. The molecule has 3 nitrogen and oxygen atoms in total. The molecule has 0 unspecified atom stereocenters. The number of halogens is 2. The number of nitrogens with zero attached hydrogens (tertiary/aromatic N) is 1. The van der Waals surface area contributed by atoms with Crippen molar-refractivity contribution < 1.29 is 9.53 Å². The highest BCUT2D eigenvalue weighted by Gasteiger charge is 2.26. The third-order valence-corrected chi connectivity index (χ3v) is 4.19. The molecular formula is C15H11ClINO2. The molecule has 102 valence electrons. The number of anilines is 1. The van der Waals surface area contributed by atoms with Crippen LogP contribution in [0.5, 0.6) is 5.75 Å². The van der Waals surface area contributed by atoms with Crippen molar-refractivity contribution in [3.05, 3.63) is 56.6 Å². The third-order valence-electron chi connectivity index (χ3n) is 3.15. The molecule has 0 fully saturated rings. The highest BCUT2D eigenvalue weighted by molar-refractivity contribution is 14.1. The summed E-state index contributed by atoms with van der Waals surface area (Å²) in [5.74, 6) is 0.677. The van der Waals surface area contributed by atoms with Crippen LogP contribution in [0.15, 0.2) is 42.5 Å². The summed E-state index contributed by atoms with van der Waals surface area (Å²) in [5.41, 5.74) is 1.72. The average Bonchev–Trinajstić information content (AvgIpc) is 2.44. The van der Waals surface area contributed by atoms with Crippen molar-refractivity contribution in [1.82, 2.24) is 0 Å². The van der Waals surface area contributed by atoms with Gasteiger partial charge in [0.25, 0.3) is 5.91 Å². The Morgan fingerprint density at radius 1 is 1.25 bits per heavy atom. The van der Waals surface area contributed by atoms with E-state index >= 15 is 0 Å². The Morgan fingerprint density at radius 3 is 2.85 bits per heavy atom. The van der Waals surface area contributed by atoms with Gasteiger partial charge in [-0.15, -0.1) is 0 Å². The van der Waals surface area contributed by atoms with Crippen LogP contribution in [0.1, 0.15) is 5.56 Å². The van der Waals surface area contributed by atoms with Gasteiger partial charge in [0.05, 0.1) is 12.2 Å². The molecule has 3 rings (SSSR count). The maximum atomic E-state index is 12.1. The molecule has 0 spiro atoms. The van der Waals surface area contributed by atoms with Gasteiger partial charge in [-0.3, -0.25) is 4.79 Å². The zero-order valence-corrected chi connectivity index (χ0v) is 13.4. The zero-order chi connectivity index (χ0) is 14.1. The van der Waals surface area contributed by atoms with Gasteiger partial charge in [0.2, 0.25) is 0 Å². The first kappa shape index (κ1) is 13.7. The molecular weight excluding hydrogens is 389 g/mol. The number of rotatable bonds is 2. The highest BCUT2D eigenvalue weighted by atomic mass is 127. The number of carbonyl (C=O) groups excluding carboxylic acids is 1. The lowest BCUT2D eigenvalue weighted by atomic mass is 10.1. The fraction of sp³-hybridized carbons (Fsp3) is 0.133. The van der Waals surface area contributed by atoms with Crippen LogP contribution >= 0.6 is 34.2 Å². The molecule has 1 aliphatic heterocycles. The summed E-state index contributed by atoms with van der Waals surface area (Å²) < 4.78 is 6.52. The van der Waals surface area contributed by atoms with E-state index < -0.39 is 0 Å². The molecule has 0 bridgehead atoms. The van der Waals surface area contributed by atoms with Crippen molar-refractivity contribution in [1.29, 1.82) is 0 Å². The van der Waals surface area contributed by atoms with Crippen LogP contribution in [-0.2, 0) is 11.3 Å². The van der Waals surface area contributed by atoms with Crippen molar-refractivity contribution in [3.8, 4) is 5.75 Å². The minimum absolute atomic E-state index is 0.0561. The second-order valence-electron chi connectivity index (χ2n) is 4.47. The summed E-state index contributed by atoms with van der Waals surface area (Å²) >= 11 is 8.40. The summed E-state index contributed by atoms with van der Waals surface area (Å²) in [5, 5.41) is 0.666. The number of hydrogen-bond acceptors (Lipinski definition) is 2. The van der Waals surface area contributed by atoms with E-state index in [1.54, 1.807) is 4.90 Å². The minimum Gasteiger partial charge on any atom is -0.482 e. The summed E-state index contributed by atoms with van der Waals surface area (Å²) in [7, 11) is 0. The molecule has 0 atom stereocenters. The third kappa shape index (κ3) is 2.62. The van der Waals surface area contributed by atoms with E-state index in [4.69, 9.17) is 16.3 Å². The van der Waals surface area contributed by atoms with Gasteiger partial charge in [0, 0.05) is 8.59 Å². The van der Waals surface area contributed by atoms with E-state index in [1.165, 1.54) is 0 Å². The largest absolute Gasteiger partial charge is 0.482 e. The Morgan fingerprint density at radius 2 is 2.05 bits per heavy atom. The van der Waals surface area contributed by atoms with Crippen molar-refractivity contribution in [2.45, 2.75) is 6.54 Å². The molecule has 0 N–H and O–H groups in total. The van der Waals surface area contributed by atoms with Crippen LogP contribution < -0.4 is 9.64 Å². The monoisotopic (exact) mass is 399 g/mol. The van der Waals surface area contributed by atoms with Crippen LogP contribution in [0, 0.1) is 3.57 Å². The normalized spacial score (nSPS) is 13.9. The van der Waals surface area contributed by atoms with Crippen LogP contribution in [0.25, 0.3) is 0 Å². The van der Waals surface area contributed by atoms with Crippen LogP contribution in [0.3, 0.4) is 0 Å². The Kier molecular flexibility index (Phi) is 3.85. The minimum atomic E-state index is -0.0561. The number of amides is 1. The van der Waals surface area contributed by atoms with Gasteiger partial charge in [0.15, 0.2) is 6.61 Å². The van der Waals surface area contributed by atoms with Gasteiger partial charge < -0.3 is 9.64 Å². The summed E-state index contributed by atoms with van der Waals surface area (Å²) in [4.78, 5) is 13.9.